The van der Waals surface area contributed by atoms with E-state index >= 15 is 0 Å². The Morgan fingerprint density at radius 1 is 0.867 bits per heavy atom. The van der Waals surface area contributed by atoms with Gasteiger partial charge < -0.3 is 5.32 Å². The first-order valence-corrected chi connectivity index (χ1v) is 7.25. The van der Waals surface area contributed by atoms with Crippen LogP contribution in [0.2, 0.25) is 0 Å². The zero-order valence-corrected chi connectivity index (χ0v) is 10.4. The Balaban J connectivity index is 1.78. The van der Waals surface area contributed by atoms with E-state index in [1.807, 2.05) is 0 Å². The van der Waals surface area contributed by atoms with Gasteiger partial charge in [0.25, 0.3) is 0 Å². The van der Waals surface area contributed by atoms with E-state index in [0.29, 0.717) is 0 Å². The summed E-state index contributed by atoms with van der Waals surface area (Å²) in [6, 6.07) is 1.52. The zero-order chi connectivity index (χ0) is 10.5. The molecule has 0 aliphatic heterocycles. The summed E-state index contributed by atoms with van der Waals surface area (Å²) in [5.41, 5.74) is 0. The lowest BCUT2D eigenvalue weighted by molar-refractivity contribution is 0.351. The average molecular weight is 230 g/mol. The van der Waals surface area contributed by atoms with Crippen LogP contribution in [0.4, 0.5) is 0 Å². The highest BCUT2D eigenvalue weighted by Gasteiger charge is 2.28. The van der Waals surface area contributed by atoms with E-state index in [-0.39, 0.29) is 0 Å². The van der Waals surface area contributed by atoms with Crippen LogP contribution in [0.3, 0.4) is 0 Å². The van der Waals surface area contributed by atoms with Crippen molar-refractivity contribution in [1.29, 1.82) is 0 Å². The molecule has 0 spiro atoms. The van der Waals surface area contributed by atoms with Crippen molar-refractivity contribution < 1.29 is 0 Å². The summed E-state index contributed by atoms with van der Waals surface area (Å²) < 4.78 is 0. The van der Waals surface area contributed by atoms with Gasteiger partial charge in [0.05, 0.1) is 0 Å². The maximum atomic E-state index is 6.01. The molecule has 0 aromatic heterocycles. The molecule has 2 atom stereocenters. The fourth-order valence-corrected chi connectivity index (χ4v) is 3.56. The minimum atomic E-state index is 0.727. The summed E-state index contributed by atoms with van der Waals surface area (Å²) in [6.45, 7) is 0. The number of nitrogens with one attached hydrogen (secondary N) is 1. The molecule has 88 valence electrons. The van der Waals surface area contributed by atoms with Crippen molar-refractivity contribution in [3.8, 4) is 0 Å². The summed E-state index contributed by atoms with van der Waals surface area (Å²) in [4.78, 5) is 0. The molecule has 2 rings (SSSR count). The third kappa shape index (κ3) is 3.35. The smallest absolute Gasteiger partial charge is 0.0266 e. The van der Waals surface area contributed by atoms with Gasteiger partial charge >= 0.3 is 0 Å². The lowest BCUT2D eigenvalue weighted by Crippen LogP contribution is -2.40. The summed E-state index contributed by atoms with van der Waals surface area (Å²) in [7, 11) is 0. The molecular weight excluding hydrogens is 206 g/mol. The lowest BCUT2D eigenvalue weighted by Gasteiger charge is -2.25. The molecule has 2 fully saturated rings. The minimum Gasteiger partial charge on any atom is -0.311 e. The van der Waals surface area contributed by atoms with E-state index in [2.05, 4.69) is 5.32 Å². The second kappa shape index (κ2) is 6.10. The van der Waals surface area contributed by atoms with Crippen molar-refractivity contribution in [2.75, 3.05) is 5.88 Å². The highest BCUT2D eigenvalue weighted by Crippen LogP contribution is 2.28. The summed E-state index contributed by atoms with van der Waals surface area (Å²) in [5, 5.41) is 3.87. The largest absolute Gasteiger partial charge is 0.311 e. The summed E-state index contributed by atoms with van der Waals surface area (Å²) in [5.74, 6) is 1.60. The van der Waals surface area contributed by atoms with Crippen molar-refractivity contribution in [2.24, 2.45) is 5.92 Å². The molecule has 0 amide bonds. The molecule has 1 N–H and O–H groups in total. The van der Waals surface area contributed by atoms with E-state index in [1.54, 1.807) is 0 Å². The van der Waals surface area contributed by atoms with E-state index < -0.39 is 0 Å². The predicted octanol–water partition coefficient (Wildman–Crippen LogP) is 3.71. The number of alkyl halides is 1. The molecule has 2 unspecified atom stereocenters. The second-order valence-electron chi connectivity index (χ2n) is 5.31. The van der Waals surface area contributed by atoms with E-state index in [9.17, 15) is 0 Å². The quantitative estimate of drug-likeness (QED) is 0.575. The van der Waals surface area contributed by atoms with Crippen molar-refractivity contribution in [3.63, 3.8) is 0 Å². The predicted molar refractivity (Wildman–Crippen MR) is 66.5 cm³/mol. The number of hydrogen-bond donors (Lipinski definition) is 1. The Labute approximate surface area is 99.0 Å². The topological polar surface area (TPSA) is 12.0 Å². The van der Waals surface area contributed by atoms with Crippen molar-refractivity contribution in [1.82, 2.24) is 5.32 Å². The van der Waals surface area contributed by atoms with Crippen LogP contribution in [-0.4, -0.2) is 18.0 Å². The number of hydrogen-bond acceptors (Lipinski definition) is 1. The summed E-state index contributed by atoms with van der Waals surface area (Å²) >= 11 is 6.01. The molecule has 2 saturated carbocycles. The number of halogens is 1. The standard InChI is InChI=1S/C13H24ClN/c14-10-11-6-5-9-13(11)15-12-7-3-1-2-4-8-12/h11-13,15H,1-10H2. The average Bonchev–Trinajstić information content (AvgIpc) is 2.53. The van der Waals surface area contributed by atoms with Crippen LogP contribution in [0.25, 0.3) is 0 Å². The molecule has 0 bridgehead atoms. The van der Waals surface area contributed by atoms with Crippen LogP contribution in [0.5, 0.6) is 0 Å². The first-order valence-electron chi connectivity index (χ1n) is 6.72. The van der Waals surface area contributed by atoms with E-state index in [1.165, 1.54) is 57.8 Å². The first-order chi connectivity index (χ1) is 7.40. The van der Waals surface area contributed by atoms with Crippen LogP contribution >= 0.6 is 11.6 Å². The van der Waals surface area contributed by atoms with Crippen molar-refractivity contribution >= 4 is 11.6 Å². The third-order valence-corrected chi connectivity index (χ3v) is 4.56. The Morgan fingerprint density at radius 2 is 1.60 bits per heavy atom. The second-order valence-corrected chi connectivity index (χ2v) is 5.62. The Bertz CT molecular complexity index is 175. The molecule has 2 aliphatic rings. The lowest BCUT2D eigenvalue weighted by atomic mass is 10.0. The van der Waals surface area contributed by atoms with Crippen LogP contribution in [0.15, 0.2) is 0 Å². The Morgan fingerprint density at radius 3 is 2.27 bits per heavy atom. The van der Waals surface area contributed by atoms with Crippen molar-refractivity contribution in [2.45, 2.75) is 69.9 Å². The highest BCUT2D eigenvalue weighted by atomic mass is 35.5. The van der Waals surface area contributed by atoms with Gasteiger partial charge in [-0.2, -0.15) is 0 Å². The van der Waals surface area contributed by atoms with Crippen LogP contribution in [0.1, 0.15) is 57.8 Å². The molecule has 0 heterocycles. The Hall–Kier alpha value is 0.250. The molecule has 1 nitrogen and oxygen atoms in total. The highest BCUT2D eigenvalue weighted by molar-refractivity contribution is 6.18. The maximum absolute atomic E-state index is 6.01. The molecule has 0 radical (unpaired) electrons. The fraction of sp³-hybridized carbons (Fsp3) is 1.00. The maximum Gasteiger partial charge on any atom is 0.0266 e. The molecular formula is C13H24ClN. The van der Waals surface area contributed by atoms with Gasteiger partial charge in [0.2, 0.25) is 0 Å². The van der Waals surface area contributed by atoms with Gasteiger partial charge in [0.1, 0.15) is 0 Å². The van der Waals surface area contributed by atoms with Crippen LogP contribution < -0.4 is 5.32 Å². The Kier molecular flexibility index (Phi) is 4.77. The van der Waals surface area contributed by atoms with Crippen LogP contribution in [-0.2, 0) is 0 Å². The molecule has 0 aromatic carbocycles. The fourth-order valence-electron chi connectivity index (χ4n) is 3.19. The first kappa shape index (κ1) is 11.7. The van der Waals surface area contributed by atoms with Gasteiger partial charge in [-0.15, -0.1) is 11.6 Å². The molecule has 2 heteroatoms. The normalized spacial score (nSPS) is 34.2. The molecule has 0 saturated heterocycles. The molecule has 15 heavy (non-hydrogen) atoms. The molecule has 2 aliphatic carbocycles. The van der Waals surface area contributed by atoms with Gasteiger partial charge in [0, 0.05) is 18.0 Å². The van der Waals surface area contributed by atoms with Gasteiger partial charge in [0.15, 0.2) is 0 Å². The number of rotatable bonds is 3. The minimum absolute atomic E-state index is 0.727. The zero-order valence-electron chi connectivity index (χ0n) is 9.68. The monoisotopic (exact) mass is 229 g/mol. The SMILES string of the molecule is ClCC1CCCC1NC1CCCCCC1. The van der Waals surface area contributed by atoms with Gasteiger partial charge in [-0.1, -0.05) is 32.1 Å². The molecule has 0 aromatic rings. The third-order valence-electron chi connectivity index (χ3n) is 4.16. The van der Waals surface area contributed by atoms with E-state index in [4.69, 9.17) is 11.6 Å². The van der Waals surface area contributed by atoms with Gasteiger partial charge in [-0.3, -0.25) is 0 Å². The van der Waals surface area contributed by atoms with E-state index in [0.717, 1.165) is 23.9 Å². The summed E-state index contributed by atoms with van der Waals surface area (Å²) in [6.07, 6.45) is 12.6. The van der Waals surface area contributed by atoms with Crippen LogP contribution in [0, 0.1) is 5.92 Å². The van der Waals surface area contributed by atoms with Gasteiger partial charge in [-0.05, 0) is 31.6 Å². The van der Waals surface area contributed by atoms with Crippen molar-refractivity contribution in [3.05, 3.63) is 0 Å². The van der Waals surface area contributed by atoms with Gasteiger partial charge in [-0.25, -0.2) is 0 Å².